The number of fused-ring (bicyclic) bond motifs is 1. The van der Waals surface area contributed by atoms with Crippen LogP contribution in [-0.2, 0) is 14.4 Å². The molecule has 0 unspecified atom stereocenters. The molecule has 0 bridgehead atoms. The second-order valence-corrected chi connectivity index (χ2v) is 8.55. The van der Waals surface area contributed by atoms with Crippen LogP contribution in [0, 0.1) is 29.6 Å². The fourth-order valence-corrected chi connectivity index (χ4v) is 4.71. The number of amides is 3. The van der Waals surface area contributed by atoms with Crippen molar-refractivity contribution in [1.29, 1.82) is 0 Å². The maximum atomic E-state index is 13.6. The van der Waals surface area contributed by atoms with E-state index in [9.17, 15) is 19.5 Å². The number of hydrogen-bond donors (Lipinski definition) is 3. The van der Waals surface area contributed by atoms with Gasteiger partial charge in [-0.1, -0.05) is 32.9 Å². The molecule has 0 saturated carbocycles. The molecule has 1 aliphatic heterocycles. The van der Waals surface area contributed by atoms with Crippen LogP contribution >= 0.6 is 0 Å². The molecular weight excluding hydrogens is 358 g/mol. The lowest BCUT2D eigenvalue weighted by Crippen LogP contribution is -2.54. The van der Waals surface area contributed by atoms with E-state index in [4.69, 9.17) is 0 Å². The molecule has 0 spiro atoms. The van der Waals surface area contributed by atoms with E-state index in [1.54, 1.807) is 11.9 Å². The van der Waals surface area contributed by atoms with Crippen molar-refractivity contribution < 1.29 is 19.5 Å². The Kier molecular flexibility index (Phi) is 7.26. The standard InChI is InChI=1S/C21H35N3O4/c1-7-13-8-9-14-17(16(13)19(26)22-6)21(28)24(15(10-25)11(2)3)18(14)20(27)23-12(4)5/h8-9,11-18,25H,7,10H2,1-6H3,(H,22,26)(H,23,27)/t13-,14+,15+,16-,17-,18+/m1/s1. The number of hydrogen-bond acceptors (Lipinski definition) is 4. The maximum Gasteiger partial charge on any atom is 0.243 e. The van der Waals surface area contributed by atoms with Gasteiger partial charge in [-0.3, -0.25) is 14.4 Å². The third-order valence-electron chi connectivity index (χ3n) is 6.08. The molecule has 1 saturated heterocycles. The van der Waals surface area contributed by atoms with E-state index in [0.717, 1.165) is 6.42 Å². The quantitative estimate of drug-likeness (QED) is 0.561. The second kappa shape index (κ2) is 9.07. The summed E-state index contributed by atoms with van der Waals surface area (Å²) in [6.45, 7) is 9.37. The average Bonchev–Trinajstić information content (AvgIpc) is 2.93. The number of carbonyl (C=O) groups is 3. The number of likely N-dealkylation sites (tertiary alicyclic amines) is 1. The van der Waals surface area contributed by atoms with E-state index in [1.807, 2.05) is 46.8 Å². The predicted molar refractivity (Wildman–Crippen MR) is 107 cm³/mol. The summed E-state index contributed by atoms with van der Waals surface area (Å²) in [4.78, 5) is 40.9. The van der Waals surface area contributed by atoms with Crippen molar-refractivity contribution in [3.05, 3.63) is 12.2 Å². The fourth-order valence-electron chi connectivity index (χ4n) is 4.71. The smallest absolute Gasteiger partial charge is 0.243 e. The van der Waals surface area contributed by atoms with Crippen LogP contribution in [0.1, 0.15) is 41.0 Å². The molecule has 7 heteroatoms. The first-order valence-electron chi connectivity index (χ1n) is 10.3. The third kappa shape index (κ3) is 3.95. The highest BCUT2D eigenvalue weighted by Gasteiger charge is 2.58. The topological polar surface area (TPSA) is 98.7 Å². The maximum absolute atomic E-state index is 13.6. The molecule has 0 radical (unpaired) electrons. The van der Waals surface area contributed by atoms with Crippen molar-refractivity contribution in [1.82, 2.24) is 15.5 Å². The van der Waals surface area contributed by atoms with Crippen molar-refractivity contribution in [2.24, 2.45) is 29.6 Å². The Balaban J connectivity index is 2.55. The zero-order valence-electron chi connectivity index (χ0n) is 17.8. The SMILES string of the molecule is CC[C@@H]1C=C[C@H]2[C@@H](C(=O)N([C@@H](CO)C(C)C)[C@@H]2C(=O)NC(C)C)[C@@H]1C(=O)NC. The lowest BCUT2D eigenvalue weighted by Gasteiger charge is -2.35. The number of rotatable bonds is 7. The van der Waals surface area contributed by atoms with E-state index in [2.05, 4.69) is 10.6 Å². The normalized spacial score (nSPS) is 30.5. The summed E-state index contributed by atoms with van der Waals surface area (Å²) in [5.41, 5.74) is 0. The van der Waals surface area contributed by atoms with Gasteiger partial charge < -0.3 is 20.6 Å². The van der Waals surface area contributed by atoms with E-state index < -0.39 is 23.9 Å². The summed E-state index contributed by atoms with van der Waals surface area (Å²) in [5.74, 6) is -2.17. The molecule has 3 N–H and O–H groups in total. The minimum atomic E-state index is -0.722. The Bertz CT molecular complexity index is 631. The number of aliphatic hydroxyl groups excluding tert-OH is 1. The Morgan fingerprint density at radius 2 is 1.82 bits per heavy atom. The van der Waals surface area contributed by atoms with Crippen molar-refractivity contribution in [2.45, 2.75) is 59.2 Å². The Hall–Kier alpha value is -1.89. The highest BCUT2D eigenvalue weighted by atomic mass is 16.3. The van der Waals surface area contributed by atoms with Gasteiger partial charge in [0.2, 0.25) is 17.7 Å². The van der Waals surface area contributed by atoms with Crippen molar-refractivity contribution in [2.75, 3.05) is 13.7 Å². The number of aliphatic hydroxyl groups is 1. The van der Waals surface area contributed by atoms with Crippen LogP contribution in [0.15, 0.2) is 12.2 Å². The third-order valence-corrected chi connectivity index (χ3v) is 6.08. The van der Waals surface area contributed by atoms with Crippen LogP contribution in [0.3, 0.4) is 0 Å². The summed E-state index contributed by atoms with van der Waals surface area (Å²) >= 11 is 0. The summed E-state index contributed by atoms with van der Waals surface area (Å²) in [7, 11) is 1.58. The summed E-state index contributed by atoms with van der Waals surface area (Å²) in [5, 5.41) is 15.6. The van der Waals surface area contributed by atoms with Crippen LogP contribution in [0.2, 0.25) is 0 Å². The number of allylic oxidation sites excluding steroid dienone is 1. The van der Waals surface area contributed by atoms with Crippen molar-refractivity contribution in [3.63, 3.8) is 0 Å². The van der Waals surface area contributed by atoms with Gasteiger partial charge in [0.1, 0.15) is 6.04 Å². The lowest BCUT2D eigenvalue weighted by molar-refractivity contribution is -0.144. The van der Waals surface area contributed by atoms with Gasteiger partial charge in [-0.05, 0) is 32.1 Å². The van der Waals surface area contributed by atoms with E-state index in [-0.39, 0.29) is 48.1 Å². The molecular formula is C21H35N3O4. The summed E-state index contributed by atoms with van der Waals surface area (Å²) in [6.07, 6.45) is 4.66. The largest absolute Gasteiger partial charge is 0.394 e. The Morgan fingerprint density at radius 3 is 2.29 bits per heavy atom. The van der Waals surface area contributed by atoms with Crippen LogP contribution in [0.25, 0.3) is 0 Å². The monoisotopic (exact) mass is 393 g/mol. The minimum absolute atomic E-state index is 0.0205. The molecule has 0 aromatic carbocycles. The van der Waals surface area contributed by atoms with Gasteiger partial charge in [0.15, 0.2) is 0 Å². The molecule has 3 amide bonds. The number of nitrogens with zero attached hydrogens (tertiary/aromatic N) is 1. The molecule has 7 nitrogen and oxygen atoms in total. The van der Waals surface area contributed by atoms with Gasteiger partial charge in [-0.2, -0.15) is 0 Å². The van der Waals surface area contributed by atoms with Crippen LogP contribution < -0.4 is 10.6 Å². The van der Waals surface area contributed by atoms with Gasteiger partial charge in [-0.25, -0.2) is 0 Å². The first-order chi connectivity index (χ1) is 13.2. The molecule has 1 fully saturated rings. The molecule has 1 heterocycles. The minimum Gasteiger partial charge on any atom is -0.394 e. The van der Waals surface area contributed by atoms with Gasteiger partial charge in [0, 0.05) is 19.0 Å². The summed E-state index contributed by atoms with van der Waals surface area (Å²) in [6, 6.07) is -1.26. The molecule has 2 aliphatic rings. The zero-order valence-corrected chi connectivity index (χ0v) is 17.8. The molecule has 6 atom stereocenters. The van der Waals surface area contributed by atoms with Crippen molar-refractivity contribution >= 4 is 17.7 Å². The summed E-state index contributed by atoms with van der Waals surface area (Å²) < 4.78 is 0. The molecule has 0 aromatic rings. The molecule has 0 aromatic heterocycles. The highest BCUT2D eigenvalue weighted by Crippen LogP contribution is 2.46. The molecule has 2 rings (SSSR count). The number of carbonyl (C=O) groups excluding carboxylic acids is 3. The van der Waals surface area contributed by atoms with E-state index in [0.29, 0.717) is 0 Å². The van der Waals surface area contributed by atoms with E-state index >= 15 is 0 Å². The second-order valence-electron chi connectivity index (χ2n) is 8.55. The zero-order chi connectivity index (χ0) is 21.2. The van der Waals surface area contributed by atoms with Crippen LogP contribution in [0.5, 0.6) is 0 Å². The van der Waals surface area contributed by atoms with Gasteiger partial charge in [-0.15, -0.1) is 0 Å². The number of nitrogens with one attached hydrogen (secondary N) is 2. The first kappa shape index (κ1) is 22.4. The van der Waals surface area contributed by atoms with Gasteiger partial charge in [0.25, 0.3) is 0 Å². The molecule has 1 aliphatic carbocycles. The Labute approximate surface area is 167 Å². The van der Waals surface area contributed by atoms with E-state index in [1.165, 1.54) is 0 Å². The van der Waals surface area contributed by atoms with Crippen LogP contribution in [0.4, 0.5) is 0 Å². The highest BCUT2D eigenvalue weighted by molar-refractivity contribution is 5.97. The van der Waals surface area contributed by atoms with Crippen molar-refractivity contribution in [3.8, 4) is 0 Å². The van der Waals surface area contributed by atoms with Crippen LogP contribution in [-0.4, -0.2) is 59.5 Å². The van der Waals surface area contributed by atoms with Gasteiger partial charge in [0.05, 0.1) is 24.5 Å². The predicted octanol–water partition coefficient (Wildman–Crippen LogP) is 0.929. The molecule has 158 valence electrons. The molecule has 28 heavy (non-hydrogen) atoms. The Morgan fingerprint density at radius 1 is 1.18 bits per heavy atom. The fraction of sp³-hybridized carbons (Fsp3) is 0.762. The first-order valence-corrected chi connectivity index (χ1v) is 10.3. The van der Waals surface area contributed by atoms with Gasteiger partial charge >= 0.3 is 0 Å². The average molecular weight is 394 g/mol. The lowest BCUT2D eigenvalue weighted by atomic mass is 9.69.